The number of thiazole rings is 1. The average molecular weight is 272 g/mol. The van der Waals surface area contributed by atoms with Crippen molar-refractivity contribution in [1.82, 2.24) is 4.98 Å². The van der Waals surface area contributed by atoms with Crippen molar-refractivity contribution in [2.75, 3.05) is 0 Å². The maximum absolute atomic E-state index is 10.1. The predicted octanol–water partition coefficient (Wildman–Crippen LogP) is 3.65. The van der Waals surface area contributed by atoms with Crippen molar-refractivity contribution < 1.29 is 5.11 Å². The second kappa shape index (κ2) is 6.34. The molecule has 0 amide bonds. The molecular formula is C13H18ClNOS. The van der Waals surface area contributed by atoms with E-state index >= 15 is 0 Å². The number of aliphatic hydroxyl groups excluding tert-OH is 1. The Hall–Kier alpha value is -0.640. The molecular weight excluding hydrogens is 254 g/mol. The highest BCUT2D eigenvalue weighted by Gasteiger charge is 2.31. The third-order valence-electron chi connectivity index (χ3n) is 2.74. The molecule has 17 heavy (non-hydrogen) atoms. The maximum Gasteiger partial charge on any atom is 0.101 e. The van der Waals surface area contributed by atoms with Crippen LogP contribution in [0.3, 0.4) is 0 Å². The molecule has 1 aromatic rings. The fourth-order valence-corrected chi connectivity index (χ4v) is 2.57. The molecule has 0 spiro atoms. The zero-order chi connectivity index (χ0) is 12.9. The number of aromatic nitrogens is 1. The van der Waals surface area contributed by atoms with Gasteiger partial charge in [0, 0.05) is 22.8 Å². The number of hydrogen-bond donors (Lipinski definition) is 1. The van der Waals surface area contributed by atoms with Gasteiger partial charge in [-0.05, 0) is 6.42 Å². The van der Waals surface area contributed by atoms with Crippen LogP contribution < -0.4 is 0 Å². The van der Waals surface area contributed by atoms with E-state index in [4.69, 9.17) is 11.6 Å². The molecule has 1 rings (SSSR count). The van der Waals surface area contributed by atoms with Gasteiger partial charge >= 0.3 is 0 Å². The molecule has 4 heteroatoms. The normalized spacial score (nSPS) is 14.1. The lowest BCUT2D eigenvalue weighted by Crippen LogP contribution is -2.33. The SMILES string of the molecule is C=CCc1csc(C(C)(C)[C@H](O)C/C=C\Cl)n1. The summed E-state index contributed by atoms with van der Waals surface area (Å²) in [6.45, 7) is 7.69. The van der Waals surface area contributed by atoms with Gasteiger partial charge in [-0.1, -0.05) is 37.6 Å². The highest BCUT2D eigenvalue weighted by atomic mass is 35.5. The van der Waals surface area contributed by atoms with E-state index in [0.29, 0.717) is 6.42 Å². The number of allylic oxidation sites excluding steroid dienone is 1. The standard InChI is InChI=1S/C13H18ClNOS/c1-4-6-10-9-17-12(15-10)13(2,3)11(16)7-5-8-14/h4-5,8-9,11,16H,1,6-7H2,2-3H3/b8-5-/t11-/m1/s1. The molecule has 94 valence electrons. The van der Waals surface area contributed by atoms with Gasteiger partial charge in [0.2, 0.25) is 0 Å². The smallest absolute Gasteiger partial charge is 0.101 e. The van der Waals surface area contributed by atoms with Crippen LogP contribution in [-0.4, -0.2) is 16.2 Å². The Bertz CT molecular complexity index is 398. The first-order valence-electron chi connectivity index (χ1n) is 5.51. The minimum absolute atomic E-state index is 0.361. The van der Waals surface area contributed by atoms with E-state index in [2.05, 4.69) is 11.6 Å². The van der Waals surface area contributed by atoms with Crippen molar-refractivity contribution in [2.24, 2.45) is 0 Å². The number of aliphatic hydroxyl groups is 1. The second-order valence-corrected chi connectivity index (χ2v) is 5.58. The summed E-state index contributed by atoms with van der Waals surface area (Å²) in [5.74, 6) is 0. The lowest BCUT2D eigenvalue weighted by Gasteiger charge is -2.27. The van der Waals surface area contributed by atoms with Crippen LogP contribution in [0.4, 0.5) is 0 Å². The van der Waals surface area contributed by atoms with Gasteiger partial charge < -0.3 is 5.11 Å². The molecule has 1 atom stereocenters. The third kappa shape index (κ3) is 3.66. The number of rotatable bonds is 6. The molecule has 1 heterocycles. The van der Waals surface area contributed by atoms with Gasteiger partial charge in [-0.2, -0.15) is 0 Å². The van der Waals surface area contributed by atoms with E-state index in [0.717, 1.165) is 17.1 Å². The molecule has 0 bridgehead atoms. The quantitative estimate of drug-likeness (QED) is 0.801. The summed E-state index contributed by atoms with van der Waals surface area (Å²) in [7, 11) is 0. The van der Waals surface area contributed by atoms with E-state index in [1.807, 2.05) is 25.3 Å². The second-order valence-electron chi connectivity index (χ2n) is 4.47. The lowest BCUT2D eigenvalue weighted by atomic mass is 9.85. The Morgan fingerprint density at radius 1 is 1.65 bits per heavy atom. The van der Waals surface area contributed by atoms with Crippen molar-refractivity contribution >= 4 is 22.9 Å². The summed E-state index contributed by atoms with van der Waals surface area (Å²) in [6.07, 6.45) is 4.40. The molecule has 2 nitrogen and oxygen atoms in total. The van der Waals surface area contributed by atoms with Crippen LogP contribution >= 0.6 is 22.9 Å². The summed E-state index contributed by atoms with van der Waals surface area (Å²) in [5, 5.41) is 13.1. The van der Waals surface area contributed by atoms with Crippen LogP contribution in [0, 0.1) is 0 Å². The molecule has 0 unspecified atom stereocenters. The first-order valence-corrected chi connectivity index (χ1v) is 6.83. The van der Waals surface area contributed by atoms with E-state index < -0.39 is 6.10 Å². The fourth-order valence-electron chi connectivity index (χ4n) is 1.46. The summed E-state index contributed by atoms with van der Waals surface area (Å²) in [6, 6.07) is 0. The molecule has 0 fully saturated rings. The van der Waals surface area contributed by atoms with E-state index in [1.165, 1.54) is 5.54 Å². The monoisotopic (exact) mass is 271 g/mol. The minimum Gasteiger partial charge on any atom is -0.392 e. The lowest BCUT2D eigenvalue weighted by molar-refractivity contribution is 0.102. The van der Waals surface area contributed by atoms with Crippen LogP contribution in [0.1, 0.15) is 31.0 Å². The van der Waals surface area contributed by atoms with Gasteiger partial charge in [0.05, 0.1) is 11.8 Å². The first kappa shape index (κ1) is 14.4. The molecule has 0 radical (unpaired) electrons. The molecule has 0 aliphatic rings. The third-order valence-corrected chi connectivity index (χ3v) is 4.15. The molecule has 1 aromatic heterocycles. The number of nitrogens with zero attached hydrogens (tertiary/aromatic N) is 1. The first-order chi connectivity index (χ1) is 8.02. The highest BCUT2D eigenvalue weighted by Crippen LogP contribution is 2.31. The molecule has 0 aromatic carbocycles. The Morgan fingerprint density at radius 3 is 2.94 bits per heavy atom. The van der Waals surface area contributed by atoms with Crippen LogP contribution in [-0.2, 0) is 11.8 Å². The molecule has 0 saturated heterocycles. The van der Waals surface area contributed by atoms with Crippen molar-refractivity contribution in [3.8, 4) is 0 Å². The van der Waals surface area contributed by atoms with Crippen LogP contribution in [0.25, 0.3) is 0 Å². The van der Waals surface area contributed by atoms with Crippen LogP contribution in [0.5, 0.6) is 0 Å². The predicted molar refractivity (Wildman–Crippen MR) is 74.7 cm³/mol. The molecule has 1 N–H and O–H groups in total. The Morgan fingerprint density at radius 2 is 2.35 bits per heavy atom. The molecule has 0 saturated carbocycles. The van der Waals surface area contributed by atoms with Gasteiger partial charge in [-0.25, -0.2) is 4.98 Å². The Labute approximate surface area is 112 Å². The summed E-state index contributed by atoms with van der Waals surface area (Å²) in [5.41, 5.74) is 2.08. The van der Waals surface area contributed by atoms with Crippen molar-refractivity contribution in [3.05, 3.63) is 40.3 Å². The minimum atomic E-state index is -0.486. The van der Waals surface area contributed by atoms with Gasteiger partial charge in [-0.3, -0.25) is 0 Å². The van der Waals surface area contributed by atoms with Crippen molar-refractivity contribution in [1.29, 1.82) is 0 Å². The summed E-state index contributed by atoms with van der Waals surface area (Å²) in [4.78, 5) is 4.53. The van der Waals surface area contributed by atoms with E-state index in [-0.39, 0.29) is 5.41 Å². The molecule has 0 aliphatic heterocycles. The van der Waals surface area contributed by atoms with Gasteiger partial charge in [0.1, 0.15) is 5.01 Å². The highest BCUT2D eigenvalue weighted by molar-refractivity contribution is 7.09. The van der Waals surface area contributed by atoms with Crippen LogP contribution in [0.2, 0.25) is 0 Å². The largest absolute Gasteiger partial charge is 0.392 e. The maximum atomic E-state index is 10.1. The Balaban J connectivity index is 2.83. The number of hydrogen-bond acceptors (Lipinski definition) is 3. The van der Waals surface area contributed by atoms with Crippen molar-refractivity contribution in [2.45, 2.75) is 38.2 Å². The Kier molecular flexibility index (Phi) is 5.37. The van der Waals surface area contributed by atoms with Gasteiger partial charge in [-0.15, -0.1) is 17.9 Å². The van der Waals surface area contributed by atoms with Crippen LogP contribution in [0.15, 0.2) is 29.6 Å². The average Bonchev–Trinajstić information content (AvgIpc) is 2.75. The summed E-state index contributed by atoms with van der Waals surface area (Å²) >= 11 is 7.05. The number of halogens is 1. The van der Waals surface area contributed by atoms with Gasteiger partial charge in [0.15, 0.2) is 0 Å². The van der Waals surface area contributed by atoms with Crippen molar-refractivity contribution in [3.63, 3.8) is 0 Å². The summed E-state index contributed by atoms with van der Waals surface area (Å²) < 4.78 is 0. The topological polar surface area (TPSA) is 33.1 Å². The fraction of sp³-hybridized carbons (Fsp3) is 0.462. The molecule has 0 aliphatic carbocycles. The zero-order valence-corrected chi connectivity index (χ0v) is 11.8. The zero-order valence-electron chi connectivity index (χ0n) is 10.2. The van der Waals surface area contributed by atoms with Gasteiger partial charge in [0.25, 0.3) is 0 Å². The van der Waals surface area contributed by atoms with E-state index in [1.54, 1.807) is 17.4 Å². The van der Waals surface area contributed by atoms with E-state index in [9.17, 15) is 5.11 Å².